The van der Waals surface area contributed by atoms with E-state index in [0.29, 0.717) is 5.75 Å². The van der Waals surface area contributed by atoms with Gasteiger partial charge in [0.05, 0.1) is 5.75 Å². The minimum Gasteiger partial charge on any atom is -0.309 e. The molecule has 1 aromatic carbocycles. The highest BCUT2D eigenvalue weighted by molar-refractivity contribution is 7.99. The molecule has 0 fully saturated rings. The summed E-state index contributed by atoms with van der Waals surface area (Å²) in [6.45, 7) is 0. The third kappa shape index (κ3) is 3.45. The summed E-state index contributed by atoms with van der Waals surface area (Å²) in [5.41, 5.74) is 0.732. The molecule has 0 aliphatic carbocycles. The van der Waals surface area contributed by atoms with Crippen LogP contribution in [0.25, 0.3) is 0 Å². The monoisotopic (exact) mass is 329 g/mol. The summed E-state index contributed by atoms with van der Waals surface area (Å²) < 4.78 is 1.96. The number of hydrogen-bond acceptors (Lipinski definition) is 5. The van der Waals surface area contributed by atoms with E-state index in [1.807, 2.05) is 48.0 Å². The van der Waals surface area contributed by atoms with Gasteiger partial charge in [-0.1, -0.05) is 48.2 Å². The third-order valence-electron chi connectivity index (χ3n) is 3.27. The summed E-state index contributed by atoms with van der Waals surface area (Å²) in [6.07, 6.45) is 0.772. The van der Waals surface area contributed by atoms with Gasteiger partial charge in [-0.15, -0.1) is 21.5 Å². The number of benzene rings is 1. The first-order valence-electron chi connectivity index (χ1n) is 6.86. The smallest absolute Gasteiger partial charge is 0.191 e. The Bertz CT molecular complexity index is 751. The number of Topliss-reactive ketones (excluding diaryl/α,β-unsaturated/α-hetero) is 1. The zero-order valence-electron chi connectivity index (χ0n) is 12.1. The highest BCUT2D eigenvalue weighted by Crippen LogP contribution is 2.20. The van der Waals surface area contributed by atoms with Gasteiger partial charge in [0.1, 0.15) is 5.82 Å². The topological polar surface area (TPSA) is 47.8 Å². The zero-order chi connectivity index (χ0) is 15.4. The molecule has 0 N–H and O–H groups in total. The standard InChI is InChI=1S/C16H15N3OS2/c1-19-15(10-13-8-5-9-21-13)17-18-16(19)22-11-14(20)12-6-3-2-4-7-12/h2-9H,10-11H2,1H3. The Morgan fingerprint density at radius 3 is 2.73 bits per heavy atom. The van der Waals surface area contributed by atoms with Crippen LogP contribution in [0, 0.1) is 0 Å². The Morgan fingerprint density at radius 1 is 1.18 bits per heavy atom. The van der Waals surface area contributed by atoms with E-state index in [1.54, 1.807) is 11.3 Å². The summed E-state index contributed by atoms with van der Waals surface area (Å²) in [7, 11) is 1.94. The molecule has 0 aliphatic rings. The van der Waals surface area contributed by atoms with E-state index in [4.69, 9.17) is 0 Å². The second-order valence-electron chi connectivity index (χ2n) is 4.79. The number of carbonyl (C=O) groups excluding carboxylic acids is 1. The van der Waals surface area contributed by atoms with Crippen molar-refractivity contribution in [1.29, 1.82) is 0 Å². The molecule has 0 amide bonds. The van der Waals surface area contributed by atoms with Crippen LogP contribution in [0.4, 0.5) is 0 Å². The van der Waals surface area contributed by atoms with Crippen LogP contribution in [0.3, 0.4) is 0 Å². The quantitative estimate of drug-likeness (QED) is 0.513. The molecule has 112 valence electrons. The maximum atomic E-state index is 12.1. The maximum absolute atomic E-state index is 12.1. The Balaban J connectivity index is 1.64. The molecule has 0 radical (unpaired) electrons. The molecule has 6 heteroatoms. The van der Waals surface area contributed by atoms with E-state index >= 15 is 0 Å². The minimum absolute atomic E-state index is 0.105. The van der Waals surface area contributed by atoms with Gasteiger partial charge in [0.2, 0.25) is 0 Å². The van der Waals surface area contributed by atoms with Gasteiger partial charge < -0.3 is 4.57 Å². The zero-order valence-corrected chi connectivity index (χ0v) is 13.7. The number of thiophene rings is 1. The summed E-state index contributed by atoms with van der Waals surface area (Å²) in [5, 5.41) is 11.2. The first-order valence-corrected chi connectivity index (χ1v) is 8.72. The fourth-order valence-electron chi connectivity index (χ4n) is 2.03. The van der Waals surface area contributed by atoms with Crippen LogP contribution in [0.15, 0.2) is 53.0 Å². The Kier molecular flexibility index (Phi) is 4.70. The highest BCUT2D eigenvalue weighted by atomic mass is 32.2. The molecule has 0 aliphatic heterocycles. The van der Waals surface area contributed by atoms with Gasteiger partial charge >= 0.3 is 0 Å². The molecule has 0 saturated carbocycles. The normalized spacial score (nSPS) is 10.8. The van der Waals surface area contributed by atoms with Gasteiger partial charge in [0, 0.05) is 23.9 Å². The van der Waals surface area contributed by atoms with Gasteiger partial charge in [-0.3, -0.25) is 4.79 Å². The van der Waals surface area contributed by atoms with Crippen LogP contribution in [0.1, 0.15) is 21.1 Å². The molecule has 0 atom stereocenters. The maximum Gasteiger partial charge on any atom is 0.191 e. The second-order valence-corrected chi connectivity index (χ2v) is 6.77. The number of thioether (sulfide) groups is 1. The van der Waals surface area contributed by atoms with Gasteiger partial charge in [-0.25, -0.2) is 0 Å². The molecular formula is C16H15N3OS2. The van der Waals surface area contributed by atoms with E-state index < -0.39 is 0 Å². The molecule has 3 rings (SSSR count). The van der Waals surface area contributed by atoms with Crippen molar-refractivity contribution in [2.45, 2.75) is 11.6 Å². The summed E-state index contributed by atoms with van der Waals surface area (Å²) in [5.74, 6) is 1.39. The molecule has 0 bridgehead atoms. The SMILES string of the molecule is Cn1c(Cc2cccs2)nnc1SCC(=O)c1ccccc1. The van der Waals surface area contributed by atoms with E-state index in [-0.39, 0.29) is 5.78 Å². The molecule has 0 spiro atoms. The Morgan fingerprint density at radius 2 is 2.00 bits per heavy atom. The lowest BCUT2D eigenvalue weighted by Crippen LogP contribution is -2.04. The van der Waals surface area contributed by atoms with Crippen molar-refractivity contribution in [2.24, 2.45) is 7.05 Å². The lowest BCUT2D eigenvalue weighted by Gasteiger charge is -2.03. The Hall–Kier alpha value is -1.92. The van der Waals surface area contributed by atoms with Crippen molar-refractivity contribution < 1.29 is 4.79 Å². The summed E-state index contributed by atoms with van der Waals surface area (Å²) in [4.78, 5) is 13.4. The molecule has 0 unspecified atom stereocenters. The molecular weight excluding hydrogens is 314 g/mol. The van der Waals surface area contributed by atoms with Gasteiger partial charge in [0.25, 0.3) is 0 Å². The van der Waals surface area contributed by atoms with Gasteiger partial charge in [-0.2, -0.15) is 0 Å². The lowest BCUT2D eigenvalue weighted by molar-refractivity contribution is 0.102. The number of hydrogen-bond donors (Lipinski definition) is 0. The van der Waals surface area contributed by atoms with Gasteiger partial charge in [0.15, 0.2) is 10.9 Å². The van der Waals surface area contributed by atoms with Crippen molar-refractivity contribution >= 4 is 28.9 Å². The van der Waals surface area contributed by atoms with E-state index in [1.165, 1.54) is 16.6 Å². The molecule has 3 aromatic rings. The van der Waals surface area contributed by atoms with Crippen LogP contribution < -0.4 is 0 Å². The van der Waals surface area contributed by atoms with Crippen molar-refractivity contribution in [3.05, 3.63) is 64.1 Å². The van der Waals surface area contributed by atoms with Gasteiger partial charge in [-0.05, 0) is 11.4 Å². The highest BCUT2D eigenvalue weighted by Gasteiger charge is 2.13. The molecule has 22 heavy (non-hydrogen) atoms. The summed E-state index contributed by atoms with van der Waals surface area (Å²) >= 11 is 3.14. The molecule has 0 saturated heterocycles. The van der Waals surface area contributed by atoms with E-state index in [9.17, 15) is 4.79 Å². The first-order chi connectivity index (χ1) is 10.7. The lowest BCUT2D eigenvalue weighted by atomic mass is 10.2. The Labute approximate surface area is 137 Å². The predicted molar refractivity (Wildman–Crippen MR) is 89.6 cm³/mol. The van der Waals surface area contributed by atoms with Crippen LogP contribution in [-0.4, -0.2) is 26.3 Å². The van der Waals surface area contributed by atoms with Crippen molar-refractivity contribution in [3.8, 4) is 0 Å². The number of ketones is 1. The molecule has 2 heterocycles. The fourth-order valence-corrected chi connectivity index (χ4v) is 3.56. The van der Waals surface area contributed by atoms with Crippen molar-refractivity contribution in [2.75, 3.05) is 5.75 Å². The largest absolute Gasteiger partial charge is 0.309 e. The molecule has 4 nitrogen and oxygen atoms in total. The van der Waals surface area contributed by atoms with E-state index in [2.05, 4.69) is 21.6 Å². The van der Waals surface area contributed by atoms with Crippen LogP contribution >= 0.6 is 23.1 Å². The van der Waals surface area contributed by atoms with E-state index in [0.717, 1.165) is 23.0 Å². The first kappa shape index (κ1) is 15.0. The predicted octanol–water partition coefficient (Wildman–Crippen LogP) is 3.44. The van der Waals surface area contributed by atoms with Crippen LogP contribution in [0.5, 0.6) is 0 Å². The van der Waals surface area contributed by atoms with Crippen LogP contribution in [-0.2, 0) is 13.5 Å². The average Bonchev–Trinajstić information content (AvgIpc) is 3.18. The number of rotatable bonds is 6. The third-order valence-corrected chi connectivity index (χ3v) is 5.16. The van der Waals surface area contributed by atoms with Crippen LogP contribution in [0.2, 0.25) is 0 Å². The number of aromatic nitrogens is 3. The second kappa shape index (κ2) is 6.89. The minimum atomic E-state index is 0.105. The molecule has 2 aromatic heterocycles. The van der Waals surface area contributed by atoms with Crippen molar-refractivity contribution in [1.82, 2.24) is 14.8 Å². The summed E-state index contributed by atoms with van der Waals surface area (Å²) in [6, 6.07) is 13.4. The number of carbonyl (C=O) groups is 1. The fraction of sp³-hybridized carbons (Fsp3) is 0.188. The van der Waals surface area contributed by atoms with Crippen molar-refractivity contribution in [3.63, 3.8) is 0 Å². The number of nitrogens with zero attached hydrogens (tertiary/aromatic N) is 3. The average molecular weight is 329 g/mol.